The Morgan fingerprint density at radius 3 is 3.00 bits per heavy atom. The second-order valence-electron chi connectivity index (χ2n) is 2.11. The van der Waals surface area contributed by atoms with Gasteiger partial charge in [-0.15, -0.1) is 0 Å². The van der Waals surface area contributed by atoms with E-state index in [1.54, 1.807) is 12.5 Å². The summed E-state index contributed by atoms with van der Waals surface area (Å²) >= 11 is 5.10. The van der Waals surface area contributed by atoms with E-state index in [9.17, 15) is 0 Å². The van der Waals surface area contributed by atoms with Crippen molar-refractivity contribution in [2.24, 2.45) is 0 Å². The molecule has 0 amide bonds. The van der Waals surface area contributed by atoms with Crippen molar-refractivity contribution in [2.45, 2.75) is 19.8 Å². The molecule has 0 fully saturated rings. The third-order valence-electron chi connectivity index (χ3n) is 1.26. The Morgan fingerprint density at radius 1 is 1.70 bits per heavy atom. The second kappa shape index (κ2) is 3.46. The first-order chi connectivity index (χ1) is 4.84. The average molecular weight is 154 g/mol. The molecular weight excluding hydrogens is 144 g/mol. The molecule has 10 heavy (non-hydrogen) atoms. The lowest BCUT2D eigenvalue weighted by molar-refractivity contribution is 0.959. The molecule has 1 heterocycles. The molecule has 1 aromatic rings. The zero-order valence-electron chi connectivity index (χ0n) is 5.95. The molecule has 2 nitrogen and oxygen atoms in total. The van der Waals surface area contributed by atoms with Gasteiger partial charge in [0.05, 0.1) is 11.3 Å². The maximum atomic E-state index is 5.10. The quantitative estimate of drug-likeness (QED) is 0.605. The Labute approximate surface area is 65.9 Å². The molecule has 0 N–H and O–H groups in total. The van der Waals surface area contributed by atoms with Crippen LogP contribution in [-0.4, -0.2) is 14.5 Å². The molecule has 0 aliphatic rings. The molecule has 0 atom stereocenters. The highest BCUT2D eigenvalue weighted by Crippen LogP contribution is 1.95. The minimum absolute atomic E-state index is 0.944. The predicted octanol–water partition coefficient (Wildman–Crippen LogP) is 1.86. The van der Waals surface area contributed by atoms with Gasteiger partial charge in [-0.05, 0) is 12.8 Å². The van der Waals surface area contributed by atoms with Gasteiger partial charge in [-0.2, -0.15) is 0 Å². The van der Waals surface area contributed by atoms with E-state index in [4.69, 9.17) is 12.2 Å². The third-order valence-corrected chi connectivity index (χ3v) is 1.67. The normalized spacial score (nSPS) is 9.70. The fourth-order valence-electron chi connectivity index (χ4n) is 0.750. The minimum atomic E-state index is 0.944. The molecule has 1 aromatic heterocycles. The Hall–Kier alpha value is -0.700. The van der Waals surface area contributed by atoms with E-state index in [0.717, 1.165) is 17.8 Å². The first kappa shape index (κ1) is 7.41. The molecule has 0 spiro atoms. The maximum Gasteiger partial charge on any atom is 0.0995 e. The summed E-state index contributed by atoms with van der Waals surface area (Å²) in [6.45, 7) is 2.11. The van der Waals surface area contributed by atoms with Crippen molar-refractivity contribution in [2.75, 3.05) is 0 Å². The summed E-state index contributed by atoms with van der Waals surface area (Å²) in [5.74, 6) is 0. The van der Waals surface area contributed by atoms with E-state index >= 15 is 0 Å². The summed E-state index contributed by atoms with van der Waals surface area (Å²) in [6, 6.07) is 0. The fourth-order valence-corrected chi connectivity index (χ4v) is 1.06. The minimum Gasteiger partial charge on any atom is -0.300 e. The molecule has 1 rings (SSSR count). The molecule has 0 aliphatic carbocycles. The summed E-state index contributed by atoms with van der Waals surface area (Å²) in [4.78, 5) is 4.85. The van der Waals surface area contributed by atoms with Gasteiger partial charge >= 0.3 is 0 Å². The van der Waals surface area contributed by atoms with Gasteiger partial charge in [-0.25, -0.2) is 4.98 Å². The van der Waals surface area contributed by atoms with Crippen LogP contribution in [0.4, 0.5) is 0 Å². The molecule has 0 aromatic carbocycles. The van der Waals surface area contributed by atoms with Crippen molar-refractivity contribution in [1.29, 1.82) is 0 Å². The van der Waals surface area contributed by atoms with E-state index in [1.807, 2.05) is 10.8 Å². The van der Waals surface area contributed by atoms with Gasteiger partial charge < -0.3 is 4.57 Å². The van der Waals surface area contributed by atoms with Crippen LogP contribution in [0.2, 0.25) is 0 Å². The monoisotopic (exact) mass is 154 g/mol. The lowest BCUT2D eigenvalue weighted by atomic mass is 10.3. The molecule has 0 aliphatic heterocycles. The van der Waals surface area contributed by atoms with Gasteiger partial charge in [0.15, 0.2) is 0 Å². The molecule has 0 bridgehead atoms. The highest BCUT2D eigenvalue weighted by molar-refractivity contribution is 7.80. The molecule has 0 unspecified atom stereocenters. The topological polar surface area (TPSA) is 17.8 Å². The van der Waals surface area contributed by atoms with E-state index in [2.05, 4.69) is 11.9 Å². The molecule has 3 heteroatoms. The smallest absolute Gasteiger partial charge is 0.0995 e. The second-order valence-corrected chi connectivity index (χ2v) is 2.58. The van der Waals surface area contributed by atoms with Crippen LogP contribution in [0.3, 0.4) is 0 Å². The van der Waals surface area contributed by atoms with Crippen molar-refractivity contribution in [1.82, 2.24) is 9.55 Å². The summed E-state index contributed by atoms with van der Waals surface area (Å²) < 4.78 is 1.87. The van der Waals surface area contributed by atoms with Gasteiger partial charge in [0.2, 0.25) is 0 Å². The summed E-state index contributed by atoms with van der Waals surface area (Å²) in [6.07, 6.45) is 7.40. The molecule has 0 radical (unpaired) electrons. The Morgan fingerprint density at radius 2 is 2.50 bits per heavy atom. The lowest BCUT2D eigenvalue weighted by Crippen LogP contribution is -2.04. The van der Waals surface area contributed by atoms with Gasteiger partial charge in [-0.3, -0.25) is 0 Å². The Balaban J connectivity index is 2.59. The standard InChI is InChI=1S/C7H10N2S/c1-2-3-7(10)9-5-4-8-6-9/h4-6H,2-3H2,1H3. The van der Waals surface area contributed by atoms with Crippen LogP contribution in [0.15, 0.2) is 18.7 Å². The highest BCUT2D eigenvalue weighted by atomic mass is 32.1. The first-order valence-electron chi connectivity index (χ1n) is 3.35. The predicted molar refractivity (Wildman–Crippen MR) is 45.1 cm³/mol. The van der Waals surface area contributed by atoms with Crippen molar-refractivity contribution in [3.05, 3.63) is 18.7 Å². The van der Waals surface area contributed by atoms with Crippen LogP contribution in [0.1, 0.15) is 19.8 Å². The van der Waals surface area contributed by atoms with E-state index in [1.165, 1.54) is 0 Å². The molecular formula is C7H10N2S. The average Bonchev–Trinajstić information content (AvgIpc) is 2.38. The third kappa shape index (κ3) is 1.64. The number of hydrogen-bond donors (Lipinski definition) is 0. The fraction of sp³-hybridized carbons (Fsp3) is 0.429. The van der Waals surface area contributed by atoms with Crippen LogP contribution >= 0.6 is 12.2 Å². The zero-order valence-corrected chi connectivity index (χ0v) is 6.77. The largest absolute Gasteiger partial charge is 0.300 e. The first-order valence-corrected chi connectivity index (χ1v) is 3.76. The highest BCUT2D eigenvalue weighted by Gasteiger charge is 1.94. The summed E-state index contributed by atoms with van der Waals surface area (Å²) in [7, 11) is 0. The molecule has 0 saturated heterocycles. The number of rotatable bonds is 2. The van der Waals surface area contributed by atoms with Crippen molar-refractivity contribution in [3.63, 3.8) is 0 Å². The Bertz CT molecular complexity index is 203. The van der Waals surface area contributed by atoms with Gasteiger partial charge in [0.1, 0.15) is 0 Å². The van der Waals surface area contributed by atoms with E-state index < -0.39 is 0 Å². The van der Waals surface area contributed by atoms with Crippen LogP contribution in [0, 0.1) is 0 Å². The lowest BCUT2D eigenvalue weighted by Gasteiger charge is -1.99. The van der Waals surface area contributed by atoms with Gasteiger partial charge in [0, 0.05) is 12.4 Å². The van der Waals surface area contributed by atoms with Crippen LogP contribution < -0.4 is 0 Å². The zero-order chi connectivity index (χ0) is 7.40. The number of imidazole rings is 1. The summed E-state index contributed by atoms with van der Waals surface area (Å²) in [5, 5.41) is 0. The van der Waals surface area contributed by atoms with E-state index in [0.29, 0.717) is 0 Å². The number of nitrogens with zero attached hydrogens (tertiary/aromatic N) is 2. The van der Waals surface area contributed by atoms with Crippen LogP contribution in [-0.2, 0) is 0 Å². The van der Waals surface area contributed by atoms with Crippen molar-refractivity contribution in [3.8, 4) is 0 Å². The Kier molecular flexibility index (Phi) is 2.57. The van der Waals surface area contributed by atoms with Crippen LogP contribution in [0.25, 0.3) is 0 Å². The maximum absolute atomic E-state index is 5.10. The molecule has 0 saturated carbocycles. The summed E-state index contributed by atoms with van der Waals surface area (Å²) in [5.41, 5.74) is 0. The molecule has 54 valence electrons. The number of hydrogen-bond acceptors (Lipinski definition) is 2. The van der Waals surface area contributed by atoms with Gasteiger partial charge in [0.25, 0.3) is 0 Å². The number of thiocarbonyl (C=S) groups is 1. The van der Waals surface area contributed by atoms with E-state index in [-0.39, 0.29) is 0 Å². The van der Waals surface area contributed by atoms with Crippen molar-refractivity contribution < 1.29 is 0 Å². The van der Waals surface area contributed by atoms with Crippen molar-refractivity contribution >= 4 is 17.2 Å². The van der Waals surface area contributed by atoms with Gasteiger partial charge in [-0.1, -0.05) is 19.1 Å². The number of aromatic nitrogens is 2. The van der Waals surface area contributed by atoms with Crippen LogP contribution in [0.5, 0.6) is 0 Å². The SMILES string of the molecule is CCCC(=S)n1ccnc1.